The first-order chi connectivity index (χ1) is 9.06. The molecule has 1 aliphatic heterocycles. The number of aromatic nitrogens is 4. The Kier molecular flexibility index (Phi) is 4.49. The first-order valence-corrected chi connectivity index (χ1v) is 6.87. The molecule has 7 nitrogen and oxygen atoms in total. The molecular weight excluding hydrogens is 244 g/mol. The summed E-state index contributed by atoms with van der Waals surface area (Å²) < 4.78 is 5.42. The van der Waals surface area contributed by atoms with Gasteiger partial charge in [0.1, 0.15) is 0 Å². The summed E-state index contributed by atoms with van der Waals surface area (Å²) in [4.78, 5) is 3.90. The molecule has 0 bridgehead atoms. The van der Waals surface area contributed by atoms with Crippen LogP contribution in [0.25, 0.3) is 0 Å². The van der Waals surface area contributed by atoms with E-state index < -0.39 is 0 Å². The minimum atomic E-state index is -0.0526. The molecule has 1 saturated heterocycles. The average Bonchev–Trinajstić information content (AvgIpc) is 2.84. The fourth-order valence-electron chi connectivity index (χ4n) is 2.62. The van der Waals surface area contributed by atoms with Gasteiger partial charge in [-0.1, -0.05) is 6.92 Å². The Bertz CT molecular complexity index is 403. The van der Waals surface area contributed by atoms with E-state index in [1.807, 2.05) is 0 Å². The van der Waals surface area contributed by atoms with Crippen LogP contribution in [0.5, 0.6) is 0 Å². The highest BCUT2D eigenvalue weighted by molar-refractivity contribution is 4.99. The quantitative estimate of drug-likeness (QED) is 0.781. The Morgan fingerprint density at radius 3 is 2.63 bits per heavy atom. The van der Waals surface area contributed by atoms with Gasteiger partial charge < -0.3 is 10.5 Å². The number of hydrogen-bond donors (Lipinski definition) is 1. The van der Waals surface area contributed by atoms with Crippen molar-refractivity contribution in [3.05, 3.63) is 5.82 Å². The van der Waals surface area contributed by atoms with Gasteiger partial charge >= 0.3 is 0 Å². The first kappa shape index (κ1) is 14.4. The summed E-state index contributed by atoms with van der Waals surface area (Å²) in [7, 11) is 1.77. The molecule has 0 radical (unpaired) electrons. The monoisotopic (exact) mass is 268 g/mol. The largest absolute Gasteiger partial charge is 0.379 e. The van der Waals surface area contributed by atoms with Crippen LogP contribution in [0.4, 0.5) is 0 Å². The van der Waals surface area contributed by atoms with E-state index in [4.69, 9.17) is 10.5 Å². The van der Waals surface area contributed by atoms with Crippen molar-refractivity contribution in [2.75, 3.05) is 26.3 Å². The number of aryl methyl sites for hydroxylation is 1. The zero-order valence-corrected chi connectivity index (χ0v) is 12.0. The molecule has 2 atom stereocenters. The molecule has 0 amide bonds. The molecule has 1 fully saturated rings. The molecule has 0 aromatic carbocycles. The zero-order chi connectivity index (χ0) is 13.9. The Balaban J connectivity index is 2.06. The molecule has 2 rings (SSSR count). The van der Waals surface area contributed by atoms with E-state index in [2.05, 4.69) is 34.2 Å². The molecule has 2 N–H and O–H groups in total. The van der Waals surface area contributed by atoms with Crippen LogP contribution >= 0.6 is 0 Å². The topological polar surface area (TPSA) is 82.1 Å². The molecule has 1 aromatic rings. The second-order valence-electron chi connectivity index (χ2n) is 5.32. The lowest BCUT2D eigenvalue weighted by atomic mass is 9.85. The van der Waals surface area contributed by atoms with Crippen molar-refractivity contribution >= 4 is 0 Å². The van der Waals surface area contributed by atoms with Gasteiger partial charge in [-0.05, 0) is 18.6 Å². The van der Waals surface area contributed by atoms with E-state index in [9.17, 15) is 0 Å². The Morgan fingerprint density at radius 2 is 2.11 bits per heavy atom. The van der Waals surface area contributed by atoms with Crippen molar-refractivity contribution in [1.82, 2.24) is 25.1 Å². The molecule has 7 heteroatoms. The van der Waals surface area contributed by atoms with Gasteiger partial charge in [-0.3, -0.25) is 4.90 Å². The van der Waals surface area contributed by atoms with Gasteiger partial charge in [0.2, 0.25) is 0 Å². The smallest absolute Gasteiger partial charge is 0.176 e. The maximum absolute atomic E-state index is 6.44. The van der Waals surface area contributed by atoms with Crippen LogP contribution in [0, 0.1) is 0 Å². The van der Waals surface area contributed by atoms with Gasteiger partial charge in [-0.15, -0.1) is 10.2 Å². The van der Waals surface area contributed by atoms with E-state index >= 15 is 0 Å². The van der Waals surface area contributed by atoms with E-state index in [0.717, 1.165) is 32.7 Å². The predicted octanol–water partition coefficient (Wildman–Crippen LogP) is -0.419. The number of nitrogens with two attached hydrogens (primary N) is 1. The van der Waals surface area contributed by atoms with Crippen LogP contribution < -0.4 is 5.73 Å². The van der Waals surface area contributed by atoms with Gasteiger partial charge in [0.25, 0.3) is 0 Å². The number of tetrazole rings is 1. The summed E-state index contributed by atoms with van der Waals surface area (Å²) in [5.41, 5.74) is 6.38. The lowest BCUT2D eigenvalue weighted by molar-refractivity contribution is -0.0274. The van der Waals surface area contributed by atoms with Crippen LogP contribution in [0.15, 0.2) is 0 Å². The van der Waals surface area contributed by atoms with Crippen molar-refractivity contribution < 1.29 is 4.74 Å². The van der Waals surface area contributed by atoms with Crippen molar-refractivity contribution in [2.45, 2.75) is 38.3 Å². The third kappa shape index (κ3) is 3.10. The summed E-state index contributed by atoms with van der Waals surface area (Å²) in [5, 5.41) is 12.1. The SMILES string of the molecule is CCC(C)(C(N)Cc1nnn(C)n1)N1CCOCC1. The van der Waals surface area contributed by atoms with Gasteiger partial charge in [0, 0.05) is 31.1 Å². The van der Waals surface area contributed by atoms with Gasteiger partial charge in [-0.2, -0.15) is 4.80 Å². The highest BCUT2D eigenvalue weighted by Crippen LogP contribution is 2.25. The van der Waals surface area contributed by atoms with E-state index in [-0.39, 0.29) is 11.6 Å². The fourth-order valence-corrected chi connectivity index (χ4v) is 2.62. The third-order valence-corrected chi connectivity index (χ3v) is 4.20. The summed E-state index contributed by atoms with van der Waals surface area (Å²) >= 11 is 0. The molecule has 2 unspecified atom stereocenters. The van der Waals surface area contributed by atoms with Crippen molar-refractivity contribution in [3.8, 4) is 0 Å². The summed E-state index contributed by atoms with van der Waals surface area (Å²) in [6, 6.07) is -0.0141. The molecule has 1 aliphatic rings. The number of nitrogens with zero attached hydrogens (tertiary/aromatic N) is 5. The molecular formula is C12H24N6O. The average molecular weight is 268 g/mol. The van der Waals surface area contributed by atoms with Crippen molar-refractivity contribution in [1.29, 1.82) is 0 Å². The molecule has 108 valence electrons. The molecule has 19 heavy (non-hydrogen) atoms. The van der Waals surface area contributed by atoms with E-state index in [1.54, 1.807) is 7.05 Å². The molecule has 1 aromatic heterocycles. The maximum atomic E-state index is 6.44. The van der Waals surface area contributed by atoms with Gasteiger partial charge in [0.05, 0.1) is 20.3 Å². The van der Waals surface area contributed by atoms with Crippen LogP contribution in [0.1, 0.15) is 26.1 Å². The van der Waals surface area contributed by atoms with Crippen LogP contribution in [-0.4, -0.2) is 63.0 Å². The molecule has 0 saturated carbocycles. The first-order valence-electron chi connectivity index (χ1n) is 6.87. The van der Waals surface area contributed by atoms with Crippen molar-refractivity contribution in [3.63, 3.8) is 0 Å². The van der Waals surface area contributed by atoms with Gasteiger partial charge in [-0.25, -0.2) is 0 Å². The number of rotatable bonds is 5. The third-order valence-electron chi connectivity index (χ3n) is 4.20. The molecule has 0 aliphatic carbocycles. The second-order valence-corrected chi connectivity index (χ2v) is 5.32. The number of ether oxygens (including phenoxy) is 1. The van der Waals surface area contributed by atoms with E-state index in [1.165, 1.54) is 4.80 Å². The van der Waals surface area contributed by atoms with E-state index in [0.29, 0.717) is 12.2 Å². The normalized spacial score (nSPS) is 22.1. The summed E-state index contributed by atoms with van der Waals surface area (Å²) in [5.74, 6) is 0.711. The number of hydrogen-bond acceptors (Lipinski definition) is 6. The summed E-state index contributed by atoms with van der Waals surface area (Å²) in [6.07, 6.45) is 1.64. The zero-order valence-electron chi connectivity index (χ0n) is 12.0. The molecule has 0 spiro atoms. The lowest BCUT2D eigenvalue weighted by Gasteiger charge is -2.46. The Morgan fingerprint density at radius 1 is 1.42 bits per heavy atom. The minimum Gasteiger partial charge on any atom is -0.379 e. The minimum absolute atomic E-state index is 0.0141. The Hall–Kier alpha value is -1.05. The second kappa shape index (κ2) is 5.94. The number of morpholine rings is 1. The van der Waals surface area contributed by atoms with Crippen molar-refractivity contribution in [2.24, 2.45) is 12.8 Å². The lowest BCUT2D eigenvalue weighted by Crippen LogP contribution is -2.61. The standard InChI is InChI=1S/C12H24N6O/c1-4-12(2,18-5-7-19-8-6-18)10(13)9-11-14-16-17(3)15-11/h10H,4-9,13H2,1-3H3. The van der Waals surface area contributed by atoms with Gasteiger partial charge in [0.15, 0.2) is 5.82 Å². The van der Waals surface area contributed by atoms with Crippen LogP contribution in [0.3, 0.4) is 0 Å². The highest BCUT2D eigenvalue weighted by Gasteiger charge is 2.37. The fraction of sp³-hybridized carbons (Fsp3) is 0.917. The van der Waals surface area contributed by atoms with Crippen LogP contribution in [0.2, 0.25) is 0 Å². The Labute approximate surface area is 114 Å². The predicted molar refractivity (Wildman–Crippen MR) is 71.6 cm³/mol. The summed E-state index contributed by atoms with van der Waals surface area (Å²) in [6.45, 7) is 7.84. The maximum Gasteiger partial charge on any atom is 0.176 e. The highest BCUT2D eigenvalue weighted by atomic mass is 16.5. The van der Waals surface area contributed by atoms with Crippen LogP contribution in [-0.2, 0) is 18.2 Å². The molecule has 2 heterocycles.